The minimum absolute atomic E-state index is 0.0687. The number of aromatic nitrogens is 2. The fourth-order valence-corrected chi connectivity index (χ4v) is 2.32. The van der Waals surface area contributed by atoms with Crippen LogP contribution in [0, 0.1) is 0 Å². The molecule has 0 radical (unpaired) electrons. The lowest BCUT2D eigenvalue weighted by molar-refractivity contribution is 0.0690. The molecule has 0 bridgehead atoms. The van der Waals surface area contributed by atoms with Crippen molar-refractivity contribution in [2.24, 2.45) is 0 Å². The van der Waals surface area contributed by atoms with Crippen molar-refractivity contribution in [3.8, 4) is 28.4 Å². The molecule has 6 heteroatoms. The summed E-state index contributed by atoms with van der Waals surface area (Å²) >= 11 is 5.90. The lowest BCUT2D eigenvalue weighted by atomic mass is 10.1. The van der Waals surface area contributed by atoms with Gasteiger partial charge in [-0.15, -0.1) is 0 Å². The number of carbonyl (C=O) groups is 1. The van der Waals surface area contributed by atoms with E-state index in [-0.39, 0.29) is 5.69 Å². The van der Waals surface area contributed by atoms with E-state index in [4.69, 9.17) is 16.3 Å². The third kappa shape index (κ3) is 3.36. The molecule has 2 aromatic carbocycles. The van der Waals surface area contributed by atoms with Gasteiger partial charge in [0.05, 0.1) is 12.8 Å². The fraction of sp³-hybridized carbons (Fsp3) is 0.0556. The standard InChI is InChI=1S/C18H13ClN2O3/c1-24-14-8-4-12(5-9-14)17-20-15(10-16(21-17)18(22)23)11-2-6-13(19)7-3-11/h2-10H,1H3,(H,22,23). The average molecular weight is 341 g/mol. The summed E-state index contributed by atoms with van der Waals surface area (Å²) in [6, 6.07) is 15.6. The number of benzene rings is 2. The first-order chi connectivity index (χ1) is 11.6. The zero-order valence-electron chi connectivity index (χ0n) is 12.7. The van der Waals surface area contributed by atoms with Gasteiger partial charge in [0.25, 0.3) is 0 Å². The van der Waals surface area contributed by atoms with E-state index in [0.717, 1.165) is 5.56 Å². The van der Waals surface area contributed by atoms with E-state index in [2.05, 4.69) is 9.97 Å². The zero-order chi connectivity index (χ0) is 17.1. The van der Waals surface area contributed by atoms with E-state index in [9.17, 15) is 9.90 Å². The second-order valence-electron chi connectivity index (χ2n) is 5.00. The van der Waals surface area contributed by atoms with Crippen LogP contribution in [-0.4, -0.2) is 28.2 Å². The van der Waals surface area contributed by atoms with Crippen molar-refractivity contribution in [2.45, 2.75) is 0 Å². The molecule has 0 saturated heterocycles. The largest absolute Gasteiger partial charge is 0.497 e. The molecule has 0 aliphatic heterocycles. The summed E-state index contributed by atoms with van der Waals surface area (Å²) in [5.74, 6) is -0.0732. The number of rotatable bonds is 4. The predicted molar refractivity (Wildman–Crippen MR) is 91.4 cm³/mol. The number of hydrogen-bond acceptors (Lipinski definition) is 4. The van der Waals surface area contributed by atoms with E-state index in [1.807, 2.05) is 0 Å². The quantitative estimate of drug-likeness (QED) is 0.771. The second-order valence-corrected chi connectivity index (χ2v) is 5.44. The van der Waals surface area contributed by atoms with Gasteiger partial charge in [-0.1, -0.05) is 23.7 Å². The smallest absolute Gasteiger partial charge is 0.354 e. The number of carboxylic acids is 1. The van der Waals surface area contributed by atoms with Crippen LogP contribution in [0.5, 0.6) is 5.75 Å². The van der Waals surface area contributed by atoms with Gasteiger partial charge >= 0.3 is 5.97 Å². The lowest BCUT2D eigenvalue weighted by Gasteiger charge is -2.07. The van der Waals surface area contributed by atoms with Crippen LogP contribution in [0.1, 0.15) is 10.5 Å². The van der Waals surface area contributed by atoms with Gasteiger partial charge in [0.2, 0.25) is 0 Å². The van der Waals surface area contributed by atoms with Crippen LogP contribution in [0.25, 0.3) is 22.6 Å². The van der Waals surface area contributed by atoms with Gasteiger partial charge in [-0.2, -0.15) is 0 Å². The summed E-state index contributed by atoms with van der Waals surface area (Å²) in [6.07, 6.45) is 0. The molecule has 0 aliphatic carbocycles. The van der Waals surface area contributed by atoms with Gasteiger partial charge in [-0.25, -0.2) is 14.8 Å². The van der Waals surface area contributed by atoms with Crippen molar-refractivity contribution in [1.29, 1.82) is 0 Å². The van der Waals surface area contributed by atoms with Crippen molar-refractivity contribution in [3.05, 3.63) is 65.3 Å². The van der Waals surface area contributed by atoms with Crippen LogP contribution in [0.2, 0.25) is 5.02 Å². The van der Waals surface area contributed by atoms with Crippen molar-refractivity contribution in [3.63, 3.8) is 0 Å². The highest BCUT2D eigenvalue weighted by Crippen LogP contribution is 2.25. The highest BCUT2D eigenvalue weighted by atomic mass is 35.5. The fourth-order valence-electron chi connectivity index (χ4n) is 2.19. The monoisotopic (exact) mass is 340 g/mol. The van der Waals surface area contributed by atoms with Gasteiger partial charge in [0.1, 0.15) is 5.75 Å². The number of halogens is 1. The number of hydrogen-bond donors (Lipinski definition) is 1. The molecule has 0 spiro atoms. The molecule has 24 heavy (non-hydrogen) atoms. The molecular weight excluding hydrogens is 328 g/mol. The highest BCUT2D eigenvalue weighted by Gasteiger charge is 2.13. The Labute approximate surface area is 143 Å². The topological polar surface area (TPSA) is 72.3 Å². The first-order valence-corrected chi connectivity index (χ1v) is 7.47. The van der Waals surface area contributed by atoms with Crippen LogP contribution in [0.4, 0.5) is 0 Å². The van der Waals surface area contributed by atoms with E-state index < -0.39 is 5.97 Å². The molecule has 1 N–H and O–H groups in total. The Hall–Kier alpha value is -2.92. The molecule has 1 aromatic heterocycles. The third-order valence-corrected chi connectivity index (χ3v) is 3.69. The maximum atomic E-state index is 11.4. The normalized spacial score (nSPS) is 10.4. The van der Waals surface area contributed by atoms with Crippen LogP contribution < -0.4 is 4.74 Å². The molecule has 0 amide bonds. The Morgan fingerprint density at radius 3 is 2.21 bits per heavy atom. The molecule has 0 aliphatic rings. The van der Waals surface area contributed by atoms with Crippen LogP contribution >= 0.6 is 11.6 Å². The third-order valence-electron chi connectivity index (χ3n) is 3.43. The number of methoxy groups -OCH3 is 1. The van der Waals surface area contributed by atoms with Gasteiger partial charge in [0, 0.05) is 16.1 Å². The molecule has 120 valence electrons. The zero-order valence-corrected chi connectivity index (χ0v) is 13.5. The summed E-state index contributed by atoms with van der Waals surface area (Å²) in [7, 11) is 1.58. The molecule has 1 heterocycles. The molecular formula is C18H13ClN2O3. The van der Waals surface area contributed by atoms with Crippen molar-refractivity contribution in [2.75, 3.05) is 7.11 Å². The van der Waals surface area contributed by atoms with Crippen LogP contribution in [0.3, 0.4) is 0 Å². The lowest BCUT2D eigenvalue weighted by Crippen LogP contribution is -2.04. The van der Waals surface area contributed by atoms with Crippen molar-refractivity contribution >= 4 is 17.6 Å². The van der Waals surface area contributed by atoms with E-state index in [1.54, 1.807) is 55.6 Å². The van der Waals surface area contributed by atoms with Crippen molar-refractivity contribution in [1.82, 2.24) is 9.97 Å². The molecule has 3 aromatic rings. The van der Waals surface area contributed by atoms with Gasteiger partial charge in [-0.05, 0) is 42.5 Å². The second kappa shape index (κ2) is 6.68. The number of ether oxygens (including phenoxy) is 1. The minimum Gasteiger partial charge on any atom is -0.497 e. The maximum absolute atomic E-state index is 11.4. The first-order valence-electron chi connectivity index (χ1n) is 7.09. The summed E-state index contributed by atoms with van der Waals surface area (Å²) in [5, 5.41) is 9.92. The van der Waals surface area contributed by atoms with Gasteiger partial charge < -0.3 is 9.84 Å². The Bertz CT molecular complexity index is 878. The first kappa shape index (κ1) is 16.0. The van der Waals surface area contributed by atoms with E-state index >= 15 is 0 Å². The van der Waals surface area contributed by atoms with E-state index in [1.165, 1.54) is 6.07 Å². The Morgan fingerprint density at radius 1 is 1.00 bits per heavy atom. The molecule has 3 rings (SSSR count). The summed E-state index contributed by atoms with van der Waals surface area (Å²) < 4.78 is 5.12. The molecule has 5 nitrogen and oxygen atoms in total. The highest BCUT2D eigenvalue weighted by molar-refractivity contribution is 6.30. The Kier molecular flexibility index (Phi) is 4.44. The maximum Gasteiger partial charge on any atom is 0.354 e. The SMILES string of the molecule is COc1ccc(-c2nc(C(=O)O)cc(-c3ccc(Cl)cc3)n2)cc1. The molecule has 0 unspecified atom stereocenters. The average Bonchev–Trinajstić information content (AvgIpc) is 2.62. The number of aromatic carboxylic acids is 1. The predicted octanol–water partition coefficient (Wildman–Crippen LogP) is 4.17. The Morgan fingerprint density at radius 2 is 1.62 bits per heavy atom. The minimum atomic E-state index is -1.11. The molecule has 0 atom stereocenters. The number of nitrogens with zero attached hydrogens (tertiary/aromatic N) is 2. The van der Waals surface area contributed by atoms with E-state index in [0.29, 0.717) is 27.9 Å². The van der Waals surface area contributed by atoms with Crippen LogP contribution in [0.15, 0.2) is 54.6 Å². The van der Waals surface area contributed by atoms with Crippen molar-refractivity contribution < 1.29 is 14.6 Å². The van der Waals surface area contributed by atoms with Gasteiger partial charge in [0.15, 0.2) is 11.5 Å². The summed E-state index contributed by atoms with van der Waals surface area (Å²) in [6.45, 7) is 0. The van der Waals surface area contributed by atoms with Gasteiger partial charge in [-0.3, -0.25) is 0 Å². The number of carboxylic acid groups (broad SMARTS) is 1. The van der Waals surface area contributed by atoms with Crippen LogP contribution in [-0.2, 0) is 0 Å². The summed E-state index contributed by atoms with van der Waals surface area (Å²) in [4.78, 5) is 20.0. The molecule has 0 fully saturated rings. The molecule has 0 saturated carbocycles. The summed E-state index contributed by atoms with van der Waals surface area (Å²) in [5.41, 5.74) is 1.92. The Balaban J connectivity index is 2.11.